The summed E-state index contributed by atoms with van der Waals surface area (Å²) in [5.41, 5.74) is -0.499. The van der Waals surface area contributed by atoms with Gasteiger partial charge in [0.2, 0.25) is 0 Å². The first-order valence-corrected chi connectivity index (χ1v) is 7.19. The predicted octanol–water partition coefficient (Wildman–Crippen LogP) is 3.03. The molecule has 0 saturated carbocycles. The number of esters is 1. The van der Waals surface area contributed by atoms with Crippen LogP contribution in [-0.4, -0.2) is 18.5 Å². The Bertz CT molecular complexity index is 795. The van der Waals surface area contributed by atoms with Gasteiger partial charge in [0.05, 0.1) is 6.61 Å². The molecule has 0 aliphatic carbocycles. The van der Waals surface area contributed by atoms with Gasteiger partial charge in [-0.2, -0.15) is 0 Å². The van der Waals surface area contributed by atoms with Crippen molar-refractivity contribution in [3.8, 4) is 0 Å². The maximum Gasteiger partial charge on any atom is 0.359 e. The summed E-state index contributed by atoms with van der Waals surface area (Å²) in [6, 6.07) is 7.38. The summed E-state index contributed by atoms with van der Waals surface area (Å²) < 4.78 is 9.85. The number of amides is 1. The van der Waals surface area contributed by atoms with Crippen LogP contribution in [0, 0.1) is 6.92 Å². The lowest BCUT2D eigenvalue weighted by atomic mass is 10.2. The number of nitrogens with one attached hydrogen (secondary N) is 1. The first-order valence-electron chi connectivity index (χ1n) is 6.81. The second kappa shape index (κ2) is 7.11. The molecule has 7 heteroatoms. The van der Waals surface area contributed by atoms with Gasteiger partial charge in [-0.3, -0.25) is 4.79 Å². The molecule has 0 saturated heterocycles. The summed E-state index contributed by atoms with van der Waals surface area (Å²) in [5.74, 6) is -1.03. The molecule has 120 valence electrons. The molecule has 1 heterocycles. The molecule has 0 radical (unpaired) electrons. The zero-order valence-corrected chi connectivity index (χ0v) is 13.3. The normalized spacial score (nSPS) is 10.2. The van der Waals surface area contributed by atoms with E-state index in [0.717, 1.165) is 0 Å². The van der Waals surface area contributed by atoms with Gasteiger partial charge >= 0.3 is 11.6 Å². The van der Waals surface area contributed by atoms with E-state index in [4.69, 9.17) is 20.8 Å². The highest BCUT2D eigenvalue weighted by molar-refractivity contribution is 6.30. The van der Waals surface area contributed by atoms with E-state index in [1.165, 1.54) is 25.1 Å². The minimum Gasteiger partial charge on any atom is -0.462 e. The average molecular weight is 336 g/mol. The monoisotopic (exact) mass is 335 g/mol. The van der Waals surface area contributed by atoms with Crippen LogP contribution in [0.1, 0.15) is 33.4 Å². The molecule has 0 aliphatic rings. The molecule has 0 unspecified atom stereocenters. The molecule has 1 aromatic heterocycles. The van der Waals surface area contributed by atoms with E-state index in [9.17, 15) is 14.4 Å². The molecule has 0 bridgehead atoms. The molecule has 0 atom stereocenters. The smallest absolute Gasteiger partial charge is 0.359 e. The number of carbonyl (C=O) groups excluding carboxylic acids is 2. The van der Waals surface area contributed by atoms with Crippen LogP contribution < -0.4 is 10.9 Å². The lowest BCUT2D eigenvalue weighted by molar-refractivity contribution is 0.0521. The summed E-state index contributed by atoms with van der Waals surface area (Å²) in [6.07, 6.45) is 0. The van der Waals surface area contributed by atoms with Crippen molar-refractivity contribution >= 4 is 29.2 Å². The predicted molar refractivity (Wildman–Crippen MR) is 85.1 cm³/mol. The lowest BCUT2D eigenvalue weighted by Crippen LogP contribution is -2.20. The molecule has 0 fully saturated rings. The van der Waals surface area contributed by atoms with Gasteiger partial charge in [-0.1, -0.05) is 11.6 Å². The Morgan fingerprint density at radius 2 is 1.91 bits per heavy atom. The number of rotatable bonds is 4. The molecular weight excluding hydrogens is 322 g/mol. The standard InChI is InChI=1S/C16H14ClNO5/c1-3-22-15(20)12-8-13(16(21)23-9(12)2)18-14(19)10-4-6-11(17)7-5-10/h4-8H,3H2,1-2H3,(H,18,19). The maximum atomic E-state index is 12.1. The SMILES string of the molecule is CCOC(=O)c1cc(NC(=O)c2ccc(Cl)cc2)c(=O)oc1C. The number of halogens is 1. The second-order valence-electron chi connectivity index (χ2n) is 4.60. The topological polar surface area (TPSA) is 85.6 Å². The highest BCUT2D eigenvalue weighted by atomic mass is 35.5. The summed E-state index contributed by atoms with van der Waals surface area (Å²) in [6.45, 7) is 3.32. The third-order valence-electron chi connectivity index (χ3n) is 2.98. The van der Waals surface area contributed by atoms with Gasteiger partial charge in [-0.15, -0.1) is 0 Å². The molecule has 0 spiro atoms. The molecular formula is C16H14ClNO5. The van der Waals surface area contributed by atoms with Crippen LogP contribution in [0.25, 0.3) is 0 Å². The van der Waals surface area contributed by atoms with Gasteiger partial charge in [0, 0.05) is 10.6 Å². The Morgan fingerprint density at radius 3 is 2.52 bits per heavy atom. The molecule has 2 rings (SSSR count). The van der Waals surface area contributed by atoms with E-state index in [1.807, 2.05) is 0 Å². The van der Waals surface area contributed by atoms with Gasteiger partial charge in [-0.25, -0.2) is 9.59 Å². The highest BCUT2D eigenvalue weighted by Gasteiger charge is 2.17. The zero-order valence-electron chi connectivity index (χ0n) is 12.5. The van der Waals surface area contributed by atoms with Crippen LogP contribution in [0.15, 0.2) is 39.5 Å². The molecule has 0 aliphatic heterocycles. The number of hydrogen-bond donors (Lipinski definition) is 1. The fraction of sp³-hybridized carbons (Fsp3) is 0.188. The quantitative estimate of drug-likeness (QED) is 0.868. The average Bonchev–Trinajstić information content (AvgIpc) is 2.50. The van der Waals surface area contributed by atoms with Gasteiger partial charge in [0.1, 0.15) is 17.0 Å². The largest absolute Gasteiger partial charge is 0.462 e. The molecule has 2 aromatic rings. The van der Waals surface area contributed by atoms with Gasteiger partial charge < -0.3 is 14.5 Å². The fourth-order valence-corrected chi connectivity index (χ4v) is 1.97. The molecule has 1 amide bonds. The van der Waals surface area contributed by atoms with Crippen molar-refractivity contribution in [2.24, 2.45) is 0 Å². The van der Waals surface area contributed by atoms with Crippen molar-refractivity contribution in [1.29, 1.82) is 0 Å². The van der Waals surface area contributed by atoms with Crippen LogP contribution in [0.2, 0.25) is 5.02 Å². The van der Waals surface area contributed by atoms with Crippen molar-refractivity contribution in [1.82, 2.24) is 0 Å². The van der Waals surface area contributed by atoms with Crippen LogP contribution in [0.3, 0.4) is 0 Å². The number of carbonyl (C=O) groups is 2. The molecule has 1 aromatic carbocycles. The molecule has 23 heavy (non-hydrogen) atoms. The van der Waals surface area contributed by atoms with Crippen molar-refractivity contribution < 1.29 is 18.7 Å². The summed E-state index contributed by atoms with van der Waals surface area (Å²) >= 11 is 5.76. The Hall–Kier alpha value is -2.60. The number of aryl methyl sites for hydroxylation is 1. The van der Waals surface area contributed by atoms with E-state index >= 15 is 0 Å². The Morgan fingerprint density at radius 1 is 1.26 bits per heavy atom. The molecule has 1 N–H and O–H groups in total. The minimum absolute atomic E-state index is 0.0813. The fourth-order valence-electron chi connectivity index (χ4n) is 1.85. The van der Waals surface area contributed by atoms with Gasteiger partial charge in [-0.05, 0) is 44.2 Å². The summed E-state index contributed by atoms with van der Waals surface area (Å²) in [5, 5.41) is 2.90. The number of anilines is 1. The number of benzene rings is 1. The summed E-state index contributed by atoms with van der Waals surface area (Å²) in [4.78, 5) is 35.8. The van der Waals surface area contributed by atoms with Crippen molar-refractivity contribution in [3.63, 3.8) is 0 Å². The van der Waals surface area contributed by atoms with E-state index in [-0.39, 0.29) is 23.6 Å². The maximum absolute atomic E-state index is 12.1. The van der Waals surface area contributed by atoms with Crippen LogP contribution in [0.5, 0.6) is 0 Å². The van der Waals surface area contributed by atoms with Crippen molar-refractivity contribution in [2.45, 2.75) is 13.8 Å². The van der Waals surface area contributed by atoms with Crippen LogP contribution >= 0.6 is 11.6 Å². The minimum atomic E-state index is -0.752. The number of hydrogen-bond acceptors (Lipinski definition) is 5. The first-order chi connectivity index (χ1) is 10.9. The van der Waals surface area contributed by atoms with Crippen LogP contribution in [0.4, 0.5) is 5.69 Å². The first kappa shape index (κ1) is 16.8. The third-order valence-corrected chi connectivity index (χ3v) is 3.24. The second-order valence-corrected chi connectivity index (χ2v) is 5.04. The lowest BCUT2D eigenvalue weighted by Gasteiger charge is -2.08. The van der Waals surface area contributed by atoms with Gasteiger partial charge in [0.15, 0.2) is 0 Å². The zero-order chi connectivity index (χ0) is 17.0. The summed E-state index contributed by atoms with van der Waals surface area (Å²) in [7, 11) is 0. The van der Waals surface area contributed by atoms with E-state index in [2.05, 4.69) is 5.32 Å². The van der Waals surface area contributed by atoms with E-state index < -0.39 is 17.5 Å². The highest BCUT2D eigenvalue weighted by Crippen LogP contribution is 2.15. The Labute approximate surface area is 137 Å². The van der Waals surface area contributed by atoms with Crippen molar-refractivity contribution in [2.75, 3.05) is 11.9 Å². The van der Waals surface area contributed by atoms with E-state index in [1.54, 1.807) is 19.1 Å². The van der Waals surface area contributed by atoms with Gasteiger partial charge in [0.25, 0.3) is 5.91 Å². The number of ether oxygens (including phenoxy) is 1. The van der Waals surface area contributed by atoms with Crippen molar-refractivity contribution in [3.05, 3.63) is 62.7 Å². The van der Waals surface area contributed by atoms with E-state index in [0.29, 0.717) is 10.6 Å². The Balaban J connectivity index is 2.30. The Kier molecular flexibility index (Phi) is 5.18. The van der Waals surface area contributed by atoms with Crippen LogP contribution in [-0.2, 0) is 4.74 Å². The third kappa shape index (κ3) is 3.98. The molecule has 6 nitrogen and oxygen atoms in total.